The average Bonchev–Trinajstić information content (AvgIpc) is 3.33. The number of allylic oxidation sites excluding steroid dienone is 12. The lowest BCUT2D eigenvalue weighted by Gasteiger charge is -2.35. The Morgan fingerprint density at radius 2 is 1.56 bits per heavy atom. The fourth-order valence-corrected chi connectivity index (χ4v) is 8.37. The van der Waals surface area contributed by atoms with Crippen molar-refractivity contribution in [1.82, 2.24) is 5.32 Å². The van der Waals surface area contributed by atoms with Gasteiger partial charge in [0, 0.05) is 15.5 Å². The number of fused-ring (bicyclic) bond motifs is 2. The van der Waals surface area contributed by atoms with Crippen LogP contribution in [0.5, 0.6) is 0 Å². The third-order valence-electron chi connectivity index (χ3n) is 10.6. The Bertz CT molecular complexity index is 1530. The normalized spacial score (nSPS) is 18.9. The molecule has 4 rings (SSSR count). The maximum Gasteiger partial charge on any atom is 0.0708 e. The minimum Gasteiger partial charge on any atom is -0.374 e. The summed E-state index contributed by atoms with van der Waals surface area (Å²) in [6, 6.07) is 9.31. The van der Waals surface area contributed by atoms with Crippen LogP contribution in [0.15, 0.2) is 111 Å². The summed E-state index contributed by atoms with van der Waals surface area (Å²) >= 11 is 3.74. The molecule has 0 saturated heterocycles. The van der Waals surface area contributed by atoms with Gasteiger partial charge in [0.15, 0.2) is 0 Å². The molecule has 3 aliphatic rings. The van der Waals surface area contributed by atoms with E-state index < -0.39 is 0 Å². The zero-order valence-corrected chi connectivity index (χ0v) is 32.2. The molecule has 0 bridgehead atoms. The van der Waals surface area contributed by atoms with Gasteiger partial charge in [-0.2, -0.15) is 0 Å². The zero-order valence-electron chi connectivity index (χ0n) is 30.6. The summed E-state index contributed by atoms with van der Waals surface area (Å²) < 4.78 is 1.10. The second-order valence-electron chi connectivity index (χ2n) is 13.9. The SMILES string of the molecule is C#C/C(=C\C1=C(C)c2ccccc2C1(CCCCCCCC)CCCCCCCC)C1=CC(/C(=C/C=C\C)CC)=C2C=C(Br)C=CC2N1. The van der Waals surface area contributed by atoms with Crippen LogP contribution in [0, 0.1) is 12.3 Å². The molecule has 48 heavy (non-hydrogen) atoms. The molecule has 1 N–H and O–H groups in total. The highest BCUT2D eigenvalue weighted by Crippen LogP contribution is 2.53. The van der Waals surface area contributed by atoms with Gasteiger partial charge in [-0.1, -0.05) is 168 Å². The van der Waals surface area contributed by atoms with Crippen molar-refractivity contribution in [2.75, 3.05) is 0 Å². The number of halogens is 1. The van der Waals surface area contributed by atoms with Gasteiger partial charge in [-0.3, -0.25) is 0 Å². The predicted molar refractivity (Wildman–Crippen MR) is 215 cm³/mol. The van der Waals surface area contributed by atoms with Crippen molar-refractivity contribution >= 4 is 21.5 Å². The maximum atomic E-state index is 6.48. The molecular formula is C46H60BrN. The van der Waals surface area contributed by atoms with Crippen LogP contribution in [-0.2, 0) is 5.41 Å². The number of hydrogen-bond acceptors (Lipinski definition) is 1. The number of dihydropyridines is 1. The second kappa shape index (κ2) is 19.2. The van der Waals surface area contributed by atoms with Crippen LogP contribution in [0.25, 0.3) is 5.57 Å². The molecule has 1 unspecified atom stereocenters. The van der Waals surface area contributed by atoms with E-state index in [0.29, 0.717) is 0 Å². The smallest absolute Gasteiger partial charge is 0.0708 e. The van der Waals surface area contributed by atoms with Crippen molar-refractivity contribution in [1.29, 1.82) is 0 Å². The highest BCUT2D eigenvalue weighted by atomic mass is 79.9. The van der Waals surface area contributed by atoms with Crippen LogP contribution in [-0.4, -0.2) is 6.04 Å². The Labute approximate surface area is 302 Å². The van der Waals surface area contributed by atoms with Crippen molar-refractivity contribution < 1.29 is 0 Å². The number of nitrogens with one attached hydrogen (secondary N) is 1. The summed E-state index contributed by atoms with van der Waals surface area (Å²) in [5.74, 6) is 3.18. The lowest BCUT2D eigenvalue weighted by molar-refractivity contribution is 0.395. The van der Waals surface area contributed by atoms with Crippen molar-refractivity contribution in [2.45, 2.75) is 142 Å². The monoisotopic (exact) mass is 705 g/mol. The molecule has 0 aromatic heterocycles. The van der Waals surface area contributed by atoms with E-state index in [1.54, 1.807) is 0 Å². The first-order valence-electron chi connectivity index (χ1n) is 19.0. The highest BCUT2D eigenvalue weighted by molar-refractivity contribution is 9.11. The van der Waals surface area contributed by atoms with E-state index in [0.717, 1.165) is 22.2 Å². The first-order chi connectivity index (χ1) is 23.4. The molecule has 2 heteroatoms. The maximum absolute atomic E-state index is 6.48. The van der Waals surface area contributed by atoms with Gasteiger partial charge in [-0.15, -0.1) is 6.42 Å². The van der Waals surface area contributed by atoms with Crippen LogP contribution in [0.1, 0.15) is 142 Å². The summed E-state index contributed by atoms with van der Waals surface area (Å²) in [6.45, 7) is 11.3. The highest BCUT2D eigenvalue weighted by Gasteiger charge is 2.42. The van der Waals surface area contributed by atoms with E-state index in [4.69, 9.17) is 6.42 Å². The Morgan fingerprint density at radius 3 is 2.19 bits per heavy atom. The Morgan fingerprint density at radius 1 is 0.917 bits per heavy atom. The molecule has 1 aliphatic heterocycles. The number of rotatable bonds is 19. The third-order valence-corrected chi connectivity index (χ3v) is 11.1. The van der Waals surface area contributed by atoms with Crippen LogP contribution >= 0.6 is 15.9 Å². The molecule has 1 nitrogen and oxygen atoms in total. The van der Waals surface area contributed by atoms with Gasteiger partial charge in [0.25, 0.3) is 0 Å². The number of terminal acetylenes is 1. The number of unbranched alkanes of at least 4 members (excludes halogenated alkanes) is 10. The molecule has 0 saturated carbocycles. The van der Waals surface area contributed by atoms with E-state index in [9.17, 15) is 0 Å². The van der Waals surface area contributed by atoms with Crippen molar-refractivity contribution in [2.24, 2.45) is 0 Å². The van der Waals surface area contributed by atoms with Gasteiger partial charge in [0.1, 0.15) is 0 Å². The van der Waals surface area contributed by atoms with Gasteiger partial charge in [-0.05, 0) is 96.4 Å². The first-order valence-corrected chi connectivity index (χ1v) is 19.8. The van der Waals surface area contributed by atoms with Crippen molar-refractivity contribution in [3.8, 4) is 12.3 Å². The molecule has 1 aromatic rings. The molecule has 0 amide bonds. The molecule has 0 radical (unpaired) electrons. The zero-order chi connectivity index (χ0) is 34.4. The Balaban J connectivity index is 1.79. The third kappa shape index (κ3) is 9.15. The van der Waals surface area contributed by atoms with Crippen molar-refractivity contribution in [3.63, 3.8) is 0 Å². The van der Waals surface area contributed by atoms with Gasteiger partial charge in [0.2, 0.25) is 0 Å². The fraction of sp³-hybridized carbons (Fsp3) is 0.478. The molecule has 2 aliphatic carbocycles. The molecular weight excluding hydrogens is 646 g/mol. The molecule has 0 fully saturated rings. The van der Waals surface area contributed by atoms with Crippen LogP contribution in [0.2, 0.25) is 0 Å². The Hall–Kier alpha value is -3.02. The van der Waals surface area contributed by atoms with Crippen LogP contribution < -0.4 is 5.32 Å². The summed E-state index contributed by atoms with van der Waals surface area (Å²) in [7, 11) is 0. The molecule has 1 atom stereocenters. The predicted octanol–water partition coefficient (Wildman–Crippen LogP) is 13.7. The summed E-state index contributed by atoms with van der Waals surface area (Å²) in [6.07, 6.45) is 43.4. The lowest BCUT2D eigenvalue weighted by Crippen LogP contribution is -2.34. The standard InChI is InChI=1S/C46H60BrN/c1-7-12-15-17-19-23-30-46(31-24-20-18-16-13-8-2)42-27-22-21-26-39(42)35(6)43(46)32-37(11-5)45-34-40(36(10-4)25-14-9-3)41-33-38(47)28-29-44(41)48-45/h5,9,14,21-22,25-29,32-34,44,48H,7-8,10,12-13,15-20,23-24,30-31H2,1-4,6H3/b14-9-,36-25+,37-32+. The molecule has 1 aromatic carbocycles. The summed E-state index contributed by atoms with van der Waals surface area (Å²) in [4.78, 5) is 0. The molecule has 0 spiro atoms. The van der Waals surface area contributed by atoms with E-state index in [-0.39, 0.29) is 11.5 Å². The second-order valence-corrected chi connectivity index (χ2v) is 14.8. The van der Waals surface area contributed by atoms with Crippen molar-refractivity contribution in [3.05, 3.63) is 122 Å². The van der Waals surface area contributed by atoms with Gasteiger partial charge in [-0.25, -0.2) is 0 Å². The molecule has 256 valence electrons. The quantitative estimate of drug-likeness (QED) is 0.0858. The minimum absolute atomic E-state index is 0.00388. The fourth-order valence-electron chi connectivity index (χ4n) is 7.97. The minimum atomic E-state index is -0.00388. The van der Waals surface area contributed by atoms with Gasteiger partial charge >= 0.3 is 0 Å². The van der Waals surface area contributed by atoms with E-state index in [1.165, 1.54) is 129 Å². The Kier molecular flexibility index (Phi) is 15.1. The number of benzene rings is 1. The first kappa shape index (κ1) is 37.8. The van der Waals surface area contributed by atoms with Gasteiger partial charge < -0.3 is 5.32 Å². The topological polar surface area (TPSA) is 12.0 Å². The average molecular weight is 707 g/mol. The van der Waals surface area contributed by atoms with E-state index >= 15 is 0 Å². The summed E-state index contributed by atoms with van der Waals surface area (Å²) in [5, 5.41) is 3.85. The summed E-state index contributed by atoms with van der Waals surface area (Å²) in [5.41, 5.74) is 11.6. The largest absolute Gasteiger partial charge is 0.374 e. The molecule has 1 heterocycles. The van der Waals surface area contributed by atoms with E-state index in [1.807, 2.05) is 0 Å². The van der Waals surface area contributed by atoms with Crippen LogP contribution in [0.4, 0.5) is 0 Å². The number of hydrogen-bond donors (Lipinski definition) is 1. The van der Waals surface area contributed by atoms with E-state index in [2.05, 4.69) is 135 Å². The lowest BCUT2D eigenvalue weighted by atomic mass is 9.69. The van der Waals surface area contributed by atoms with Crippen LogP contribution in [0.3, 0.4) is 0 Å². The van der Waals surface area contributed by atoms with Gasteiger partial charge in [0.05, 0.1) is 11.7 Å².